The Morgan fingerprint density at radius 2 is 2.05 bits per heavy atom. The summed E-state index contributed by atoms with van der Waals surface area (Å²) in [5, 5.41) is 22.2. The van der Waals surface area contributed by atoms with E-state index in [0.29, 0.717) is 22.4 Å². The molecule has 2 rings (SSSR count). The number of rotatable bonds is 3. The molecule has 1 amide bonds. The number of non-ortho nitro benzene ring substituents is 1. The van der Waals surface area contributed by atoms with E-state index in [9.17, 15) is 14.9 Å². The maximum absolute atomic E-state index is 12.1. The lowest BCUT2D eigenvalue weighted by Crippen LogP contribution is -2.13. The Hall–Kier alpha value is -3.20. The summed E-state index contributed by atoms with van der Waals surface area (Å²) in [5.41, 5.74) is 1.80. The van der Waals surface area contributed by atoms with Crippen molar-refractivity contribution in [1.82, 2.24) is 0 Å². The zero-order chi connectivity index (χ0) is 15.4. The number of hydrogen-bond acceptors (Lipinski definition) is 4. The van der Waals surface area contributed by atoms with Crippen LogP contribution in [0.25, 0.3) is 0 Å². The number of hydrogen-bond donors (Lipinski definition) is 1. The van der Waals surface area contributed by atoms with E-state index in [0.717, 1.165) is 0 Å². The van der Waals surface area contributed by atoms with Crippen molar-refractivity contribution in [1.29, 1.82) is 5.26 Å². The lowest BCUT2D eigenvalue weighted by Gasteiger charge is -2.08. The summed E-state index contributed by atoms with van der Waals surface area (Å²) >= 11 is 0. The third kappa shape index (κ3) is 3.22. The third-order valence-corrected chi connectivity index (χ3v) is 2.92. The third-order valence-electron chi connectivity index (χ3n) is 2.92. The predicted octanol–water partition coefficient (Wildman–Crippen LogP) is 3.03. The van der Waals surface area contributed by atoms with Crippen LogP contribution < -0.4 is 5.32 Å². The van der Waals surface area contributed by atoms with Crippen molar-refractivity contribution in [3.8, 4) is 6.07 Å². The summed E-state index contributed by atoms with van der Waals surface area (Å²) in [4.78, 5) is 22.3. The van der Waals surface area contributed by atoms with Crippen molar-refractivity contribution in [2.75, 3.05) is 5.32 Å². The molecule has 0 radical (unpaired) electrons. The fourth-order valence-corrected chi connectivity index (χ4v) is 1.83. The van der Waals surface area contributed by atoms with Gasteiger partial charge in [-0.2, -0.15) is 5.26 Å². The number of benzene rings is 2. The number of aryl methyl sites for hydroxylation is 1. The maximum atomic E-state index is 12.1. The molecule has 6 heteroatoms. The van der Waals surface area contributed by atoms with E-state index in [-0.39, 0.29) is 11.6 Å². The standard InChI is InChI=1S/C15H11N3O3/c1-10-7-13(18(20)21)5-6-14(10)17-15(19)12-4-2-3-11(8-12)9-16/h2-8H,1H3,(H,17,19). The van der Waals surface area contributed by atoms with Crippen LogP contribution in [0.1, 0.15) is 21.5 Å². The molecule has 2 aromatic carbocycles. The Morgan fingerprint density at radius 1 is 1.29 bits per heavy atom. The van der Waals surface area contributed by atoms with Gasteiger partial charge in [0.2, 0.25) is 0 Å². The summed E-state index contributed by atoms with van der Waals surface area (Å²) in [6.07, 6.45) is 0. The highest BCUT2D eigenvalue weighted by Crippen LogP contribution is 2.21. The van der Waals surface area contributed by atoms with Gasteiger partial charge in [0.15, 0.2) is 0 Å². The first kappa shape index (κ1) is 14.2. The van der Waals surface area contributed by atoms with Crippen molar-refractivity contribution >= 4 is 17.3 Å². The molecule has 0 spiro atoms. The van der Waals surface area contributed by atoms with Crippen molar-refractivity contribution in [2.24, 2.45) is 0 Å². The SMILES string of the molecule is Cc1cc([N+](=O)[O-])ccc1NC(=O)c1cccc(C#N)c1. The molecule has 6 nitrogen and oxygen atoms in total. The van der Waals surface area contributed by atoms with Crippen LogP contribution in [0, 0.1) is 28.4 Å². The quantitative estimate of drug-likeness (QED) is 0.690. The molecule has 0 aliphatic heterocycles. The number of nitriles is 1. The fraction of sp³-hybridized carbons (Fsp3) is 0.0667. The van der Waals surface area contributed by atoms with Crippen LogP contribution in [0.15, 0.2) is 42.5 Å². The summed E-state index contributed by atoms with van der Waals surface area (Å²) in [5.74, 6) is -0.371. The Bertz CT molecular complexity index is 763. The molecule has 0 bridgehead atoms. The van der Waals surface area contributed by atoms with Gasteiger partial charge in [0.1, 0.15) is 0 Å². The zero-order valence-electron chi connectivity index (χ0n) is 11.2. The molecular formula is C15H11N3O3. The molecule has 0 heterocycles. The Morgan fingerprint density at radius 3 is 2.67 bits per heavy atom. The highest BCUT2D eigenvalue weighted by Gasteiger charge is 2.11. The van der Waals surface area contributed by atoms with Crippen LogP contribution in [-0.4, -0.2) is 10.8 Å². The average Bonchev–Trinajstić information content (AvgIpc) is 2.49. The first-order chi connectivity index (χ1) is 10.0. The second kappa shape index (κ2) is 5.84. The van der Waals surface area contributed by atoms with Crippen LogP contribution in [0.5, 0.6) is 0 Å². The number of carbonyl (C=O) groups excluding carboxylic acids is 1. The number of nitrogens with zero attached hydrogens (tertiary/aromatic N) is 2. The van der Waals surface area contributed by atoms with Gasteiger partial charge in [0.05, 0.1) is 16.6 Å². The minimum atomic E-state index is -0.491. The lowest BCUT2D eigenvalue weighted by molar-refractivity contribution is -0.384. The number of carbonyl (C=O) groups is 1. The molecular weight excluding hydrogens is 270 g/mol. The van der Waals surface area contributed by atoms with Gasteiger partial charge in [-0.05, 0) is 36.8 Å². The zero-order valence-corrected chi connectivity index (χ0v) is 11.2. The van der Waals surface area contributed by atoms with Crippen molar-refractivity contribution in [3.05, 3.63) is 69.3 Å². The van der Waals surface area contributed by atoms with Crippen LogP contribution in [0.4, 0.5) is 11.4 Å². The summed E-state index contributed by atoms with van der Waals surface area (Å²) in [7, 11) is 0. The molecule has 0 unspecified atom stereocenters. The first-order valence-corrected chi connectivity index (χ1v) is 6.08. The topological polar surface area (TPSA) is 96.0 Å². The molecule has 0 atom stereocenters. The molecule has 1 N–H and O–H groups in total. The van der Waals surface area contributed by atoms with E-state index in [1.54, 1.807) is 25.1 Å². The van der Waals surface area contributed by atoms with E-state index in [2.05, 4.69) is 5.32 Å². The number of nitro benzene ring substituents is 1. The van der Waals surface area contributed by atoms with E-state index in [4.69, 9.17) is 5.26 Å². The molecule has 0 fully saturated rings. The van der Waals surface area contributed by atoms with Gasteiger partial charge in [0.25, 0.3) is 11.6 Å². The number of anilines is 1. The molecule has 0 saturated carbocycles. The van der Waals surface area contributed by atoms with E-state index in [1.807, 2.05) is 6.07 Å². The minimum Gasteiger partial charge on any atom is -0.322 e. The summed E-state index contributed by atoms with van der Waals surface area (Å²) in [6.45, 7) is 1.67. The number of nitrogens with one attached hydrogen (secondary N) is 1. The van der Waals surface area contributed by atoms with Gasteiger partial charge in [-0.15, -0.1) is 0 Å². The molecule has 21 heavy (non-hydrogen) atoms. The maximum Gasteiger partial charge on any atom is 0.269 e. The van der Waals surface area contributed by atoms with E-state index < -0.39 is 4.92 Å². The highest BCUT2D eigenvalue weighted by molar-refractivity contribution is 6.04. The molecule has 0 aromatic heterocycles. The Kier molecular flexibility index (Phi) is 3.95. The monoisotopic (exact) mass is 281 g/mol. The Labute approximate surface area is 120 Å². The van der Waals surface area contributed by atoms with Gasteiger partial charge in [-0.3, -0.25) is 14.9 Å². The van der Waals surface area contributed by atoms with E-state index >= 15 is 0 Å². The van der Waals surface area contributed by atoms with Crippen molar-refractivity contribution in [3.63, 3.8) is 0 Å². The number of amides is 1. The average molecular weight is 281 g/mol. The molecule has 0 aliphatic carbocycles. The van der Waals surface area contributed by atoms with Gasteiger partial charge in [-0.25, -0.2) is 0 Å². The largest absolute Gasteiger partial charge is 0.322 e. The highest BCUT2D eigenvalue weighted by atomic mass is 16.6. The van der Waals surface area contributed by atoms with Crippen molar-refractivity contribution < 1.29 is 9.72 Å². The molecule has 2 aromatic rings. The van der Waals surface area contributed by atoms with Crippen LogP contribution in [-0.2, 0) is 0 Å². The van der Waals surface area contributed by atoms with Gasteiger partial charge in [0, 0.05) is 23.4 Å². The smallest absolute Gasteiger partial charge is 0.269 e. The predicted molar refractivity (Wildman–Crippen MR) is 76.9 cm³/mol. The first-order valence-electron chi connectivity index (χ1n) is 6.08. The van der Waals surface area contributed by atoms with Crippen molar-refractivity contribution in [2.45, 2.75) is 6.92 Å². The lowest BCUT2D eigenvalue weighted by atomic mass is 10.1. The minimum absolute atomic E-state index is 0.0306. The van der Waals surface area contributed by atoms with Gasteiger partial charge >= 0.3 is 0 Å². The summed E-state index contributed by atoms with van der Waals surface area (Å²) in [6, 6.07) is 12.5. The molecule has 104 valence electrons. The second-order valence-electron chi connectivity index (χ2n) is 4.40. The normalized spacial score (nSPS) is 9.71. The van der Waals surface area contributed by atoms with Crippen LogP contribution >= 0.6 is 0 Å². The van der Waals surface area contributed by atoms with E-state index in [1.165, 1.54) is 24.3 Å². The van der Waals surface area contributed by atoms with Crippen LogP contribution in [0.3, 0.4) is 0 Å². The van der Waals surface area contributed by atoms with Gasteiger partial charge in [-0.1, -0.05) is 6.07 Å². The second-order valence-corrected chi connectivity index (χ2v) is 4.40. The summed E-state index contributed by atoms with van der Waals surface area (Å²) < 4.78 is 0. The number of nitro groups is 1. The Balaban J connectivity index is 2.23. The van der Waals surface area contributed by atoms with Crippen LogP contribution in [0.2, 0.25) is 0 Å². The molecule has 0 aliphatic rings. The van der Waals surface area contributed by atoms with Gasteiger partial charge < -0.3 is 5.32 Å². The fourth-order valence-electron chi connectivity index (χ4n) is 1.83. The molecule has 0 saturated heterocycles.